The molecule has 0 aliphatic heterocycles. The number of benzene rings is 2. The van der Waals surface area contributed by atoms with Crippen molar-refractivity contribution in [3.63, 3.8) is 0 Å². The molecule has 0 aliphatic carbocycles. The molecule has 2 rings (SSSR count). The molecule has 2 aromatic rings. The van der Waals surface area contributed by atoms with E-state index in [1.807, 2.05) is 13.0 Å². The van der Waals surface area contributed by atoms with Crippen LogP contribution in [0, 0.1) is 11.3 Å². The predicted molar refractivity (Wildman–Crippen MR) is 98.3 cm³/mol. The number of carbonyl (C=O) groups excluding carboxylic acids is 1. The third-order valence-corrected chi connectivity index (χ3v) is 3.71. The van der Waals surface area contributed by atoms with E-state index in [-0.39, 0.29) is 5.78 Å². The first kappa shape index (κ1) is 18.6. The molecule has 0 saturated heterocycles. The van der Waals surface area contributed by atoms with Crippen LogP contribution in [0.4, 0.5) is 0 Å². The average molecular weight is 356 g/mol. The van der Waals surface area contributed by atoms with Gasteiger partial charge >= 0.3 is 0 Å². The molecule has 0 heterocycles. The number of hydrogen-bond donors (Lipinski definition) is 0. The summed E-state index contributed by atoms with van der Waals surface area (Å²) >= 11 is 6.26. The van der Waals surface area contributed by atoms with Crippen molar-refractivity contribution >= 4 is 23.5 Å². The fraction of sp³-hybridized carbons (Fsp3) is 0.200. The Labute approximate surface area is 152 Å². The second kappa shape index (κ2) is 8.91. The van der Waals surface area contributed by atoms with Crippen molar-refractivity contribution in [3.05, 3.63) is 64.2 Å². The molecule has 0 aromatic heterocycles. The minimum absolute atomic E-state index is 0.161. The summed E-state index contributed by atoms with van der Waals surface area (Å²) in [7, 11) is 1.54. The van der Waals surface area contributed by atoms with Crippen LogP contribution in [0.25, 0.3) is 6.08 Å². The summed E-state index contributed by atoms with van der Waals surface area (Å²) in [6.45, 7) is 2.55. The number of hydrogen-bond acceptors (Lipinski definition) is 4. The van der Waals surface area contributed by atoms with Gasteiger partial charge < -0.3 is 9.47 Å². The van der Waals surface area contributed by atoms with Crippen molar-refractivity contribution in [1.29, 1.82) is 5.26 Å². The van der Waals surface area contributed by atoms with Crippen molar-refractivity contribution in [3.8, 4) is 17.6 Å². The van der Waals surface area contributed by atoms with Gasteiger partial charge in [-0.25, -0.2) is 0 Å². The van der Waals surface area contributed by atoms with E-state index < -0.39 is 0 Å². The average Bonchev–Trinajstić information content (AvgIpc) is 2.64. The summed E-state index contributed by atoms with van der Waals surface area (Å²) in [6, 6.07) is 12.0. The molecule has 0 fully saturated rings. The third kappa shape index (κ3) is 4.85. The minimum Gasteiger partial charge on any atom is -0.493 e. The molecule has 4 nitrogen and oxygen atoms in total. The van der Waals surface area contributed by atoms with Gasteiger partial charge in [0.15, 0.2) is 17.3 Å². The van der Waals surface area contributed by atoms with Crippen molar-refractivity contribution in [2.75, 3.05) is 13.7 Å². The quantitative estimate of drug-likeness (QED) is 0.523. The molecule has 0 amide bonds. The largest absolute Gasteiger partial charge is 0.493 e. The Morgan fingerprint density at radius 1 is 1.28 bits per heavy atom. The Hall–Kier alpha value is -2.77. The molecule has 0 bridgehead atoms. The standard InChI is InChI=1S/C20H18ClNO3/c1-3-10-25-20-17(21)11-15(12-19(20)24-2)6-9-18(23)16-7-4-14(13-22)5-8-16/h4-9,11-12H,3,10H2,1-2H3/b9-6+. The van der Waals surface area contributed by atoms with Crippen LogP contribution in [-0.2, 0) is 0 Å². The van der Waals surface area contributed by atoms with E-state index in [9.17, 15) is 4.79 Å². The van der Waals surface area contributed by atoms with Crippen LogP contribution in [-0.4, -0.2) is 19.5 Å². The molecule has 0 N–H and O–H groups in total. The van der Waals surface area contributed by atoms with Gasteiger partial charge in [0.1, 0.15) is 0 Å². The number of nitriles is 1. The monoisotopic (exact) mass is 355 g/mol. The summed E-state index contributed by atoms with van der Waals surface area (Å²) in [5.74, 6) is 0.860. The van der Waals surface area contributed by atoms with E-state index in [1.54, 1.807) is 49.6 Å². The van der Waals surface area contributed by atoms with Crippen LogP contribution < -0.4 is 9.47 Å². The Morgan fingerprint density at radius 3 is 2.60 bits per heavy atom. The van der Waals surface area contributed by atoms with Crippen LogP contribution in [0.2, 0.25) is 5.02 Å². The van der Waals surface area contributed by atoms with E-state index in [4.69, 9.17) is 26.3 Å². The summed E-state index contributed by atoms with van der Waals surface area (Å²) in [5, 5.41) is 9.22. The van der Waals surface area contributed by atoms with Gasteiger partial charge in [-0.1, -0.05) is 24.6 Å². The maximum Gasteiger partial charge on any atom is 0.185 e. The highest BCUT2D eigenvalue weighted by Crippen LogP contribution is 2.36. The zero-order valence-electron chi connectivity index (χ0n) is 14.1. The zero-order chi connectivity index (χ0) is 18.2. The van der Waals surface area contributed by atoms with Crippen molar-refractivity contribution in [2.24, 2.45) is 0 Å². The Kier molecular flexibility index (Phi) is 6.62. The number of ketones is 1. The number of nitrogens with zero attached hydrogens (tertiary/aromatic N) is 1. The van der Waals surface area contributed by atoms with Crippen LogP contribution in [0.3, 0.4) is 0 Å². The third-order valence-electron chi connectivity index (χ3n) is 3.43. The number of halogens is 1. The molecule has 0 saturated carbocycles. The Balaban J connectivity index is 2.20. The van der Waals surface area contributed by atoms with Crippen LogP contribution in [0.1, 0.15) is 34.8 Å². The van der Waals surface area contributed by atoms with Gasteiger partial charge in [-0.3, -0.25) is 4.79 Å². The fourth-order valence-corrected chi connectivity index (χ4v) is 2.43. The molecule has 5 heteroatoms. The Bertz CT molecular complexity index is 820. The fourth-order valence-electron chi connectivity index (χ4n) is 2.16. The molecule has 0 unspecified atom stereocenters. The van der Waals surface area contributed by atoms with Gasteiger partial charge in [0.05, 0.1) is 30.4 Å². The second-order valence-corrected chi connectivity index (χ2v) is 5.68. The van der Waals surface area contributed by atoms with E-state index in [2.05, 4.69) is 0 Å². The van der Waals surface area contributed by atoms with Gasteiger partial charge in [-0.2, -0.15) is 5.26 Å². The highest BCUT2D eigenvalue weighted by molar-refractivity contribution is 6.32. The van der Waals surface area contributed by atoms with Crippen LogP contribution in [0.15, 0.2) is 42.5 Å². The van der Waals surface area contributed by atoms with Crippen molar-refractivity contribution in [1.82, 2.24) is 0 Å². The van der Waals surface area contributed by atoms with Crippen molar-refractivity contribution in [2.45, 2.75) is 13.3 Å². The molecule has 2 aromatic carbocycles. The maximum absolute atomic E-state index is 12.2. The van der Waals surface area contributed by atoms with Crippen LogP contribution >= 0.6 is 11.6 Å². The lowest BCUT2D eigenvalue weighted by atomic mass is 10.1. The summed E-state index contributed by atoms with van der Waals surface area (Å²) in [5.41, 5.74) is 1.75. The number of methoxy groups -OCH3 is 1. The van der Waals surface area contributed by atoms with Gasteiger partial charge in [0.25, 0.3) is 0 Å². The lowest BCUT2D eigenvalue weighted by Crippen LogP contribution is -1.99. The van der Waals surface area contributed by atoms with Gasteiger partial charge in [0.2, 0.25) is 0 Å². The van der Waals surface area contributed by atoms with Gasteiger partial charge in [0, 0.05) is 5.56 Å². The summed E-state index contributed by atoms with van der Waals surface area (Å²) in [6.07, 6.45) is 3.98. The molecule has 0 atom stereocenters. The second-order valence-electron chi connectivity index (χ2n) is 5.27. The molecule has 0 aliphatic rings. The molecule has 0 radical (unpaired) electrons. The first-order chi connectivity index (χ1) is 12.1. The lowest BCUT2D eigenvalue weighted by Gasteiger charge is -2.12. The number of rotatable bonds is 7. The van der Waals surface area contributed by atoms with Crippen LogP contribution in [0.5, 0.6) is 11.5 Å². The van der Waals surface area contributed by atoms with Gasteiger partial charge in [-0.15, -0.1) is 0 Å². The number of allylic oxidation sites excluding steroid dienone is 1. The maximum atomic E-state index is 12.2. The smallest absolute Gasteiger partial charge is 0.185 e. The normalized spacial score (nSPS) is 10.5. The minimum atomic E-state index is -0.161. The first-order valence-corrected chi connectivity index (χ1v) is 8.19. The molecule has 0 spiro atoms. The molecule has 128 valence electrons. The van der Waals surface area contributed by atoms with Crippen molar-refractivity contribution < 1.29 is 14.3 Å². The molecular formula is C20H18ClNO3. The number of carbonyl (C=O) groups is 1. The topological polar surface area (TPSA) is 59.3 Å². The Morgan fingerprint density at radius 2 is 2.00 bits per heavy atom. The van der Waals surface area contributed by atoms with E-state index in [0.29, 0.717) is 34.3 Å². The highest BCUT2D eigenvalue weighted by atomic mass is 35.5. The zero-order valence-corrected chi connectivity index (χ0v) is 14.8. The van der Waals surface area contributed by atoms with E-state index in [0.717, 1.165) is 12.0 Å². The summed E-state index contributed by atoms with van der Waals surface area (Å²) in [4.78, 5) is 12.2. The predicted octanol–water partition coefficient (Wildman–Crippen LogP) is 4.91. The molecular weight excluding hydrogens is 338 g/mol. The van der Waals surface area contributed by atoms with E-state index >= 15 is 0 Å². The van der Waals surface area contributed by atoms with E-state index in [1.165, 1.54) is 6.08 Å². The number of ether oxygens (including phenoxy) is 2. The highest BCUT2D eigenvalue weighted by Gasteiger charge is 2.11. The molecule has 25 heavy (non-hydrogen) atoms. The first-order valence-electron chi connectivity index (χ1n) is 7.82. The summed E-state index contributed by atoms with van der Waals surface area (Å²) < 4.78 is 10.9. The lowest BCUT2D eigenvalue weighted by molar-refractivity contribution is 0.104. The van der Waals surface area contributed by atoms with Gasteiger partial charge in [-0.05, 0) is 54.5 Å². The SMILES string of the molecule is CCCOc1c(Cl)cc(/C=C/C(=O)c2ccc(C#N)cc2)cc1OC.